The van der Waals surface area contributed by atoms with E-state index in [9.17, 15) is 4.79 Å². The summed E-state index contributed by atoms with van der Waals surface area (Å²) in [5, 5.41) is 0.927. The molecule has 3 rings (SSSR count). The number of hydrogen-bond acceptors (Lipinski definition) is 5. The minimum atomic E-state index is -0.321. The molecule has 0 aromatic heterocycles. The summed E-state index contributed by atoms with van der Waals surface area (Å²) in [7, 11) is 1.42. The van der Waals surface area contributed by atoms with Gasteiger partial charge in [-0.25, -0.2) is 9.79 Å². The zero-order chi connectivity index (χ0) is 16.7. The van der Waals surface area contributed by atoms with Gasteiger partial charge in [0.2, 0.25) is 0 Å². The summed E-state index contributed by atoms with van der Waals surface area (Å²) in [5.41, 5.74) is 4.72. The lowest BCUT2D eigenvalue weighted by Gasteiger charge is -2.35. The SMILES string of the molecule is COC(=O)C1=C(C)N=C2SC(C)=C(C)N2C1c1ccc(C)cc1. The summed E-state index contributed by atoms with van der Waals surface area (Å²) < 4.78 is 5.03. The van der Waals surface area contributed by atoms with E-state index >= 15 is 0 Å². The number of nitrogens with zero attached hydrogens (tertiary/aromatic N) is 2. The first-order valence-electron chi connectivity index (χ1n) is 7.53. The summed E-state index contributed by atoms with van der Waals surface area (Å²) in [6.45, 7) is 8.09. The van der Waals surface area contributed by atoms with Gasteiger partial charge < -0.3 is 9.64 Å². The number of methoxy groups -OCH3 is 1. The second-order valence-electron chi connectivity index (χ2n) is 5.81. The Labute approximate surface area is 140 Å². The van der Waals surface area contributed by atoms with Gasteiger partial charge in [-0.1, -0.05) is 41.6 Å². The maximum Gasteiger partial charge on any atom is 0.338 e. The molecule has 1 unspecified atom stereocenters. The Balaban J connectivity index is 2.19. The van der Waals surface area contributed by atoms with Crippen molar-refractivity contribution >= 4 is 22.9 Å². The third kappa shape index (κ3) is 2.59. The molecule has 2 aliphatic heterocycles. The average molecular weight is 328 g/mol. The number of hydrogen-bond donors (Lipinski definition) is 0. The Morgan fingerprint density at radius 3 is 2.43 bits per heavy atom. The molecule has 4 nitrogen and oxygen atoms in total. The Morgan fingerprint density at radius 2 is 1.83 bits per heavy atom. The van der Waals surface area contributed by atoms with Gasteiger partial charge >= 0.3 is 5.97 Å². The molecular formula is C18H20N2O2S. The van der Waals surface area contributed by atoms with Crippen molar-refractivity contribution in [2.75, 3.05) is 7.11 Å². The molecule has 23 heavy (non-hydrogen) atoms. The molecule has 2 aliphatic rings. The van der Waals surface area contributed by atoms with Gasteiger partial charge in [0.05, 0.1) is 24.4 Å². The minimum Gasteiger partial charge on any atom is -0.466 e. The number of carbonyl (C=O) groups excluding carboxylic acids is 1. The average Bonchev–Trinajstić information content (AvgIpc) is 2.80. The Hall–Kier alpha value is -2.01. The number of fused-ring (bicyclic) bond motifs is 1. The number of ether oxygens (including phenoxy) is 1. The van der Waals surface area contributed by atoms with E-state index in [2.05, 4.69) is 54.9 Å². The predicted molar refractivity (Wildman–Crippen MR) is 93.9 cm³/mol. The van der Waals surface area contributed by atoms with Gasteiger partial charge in [0.25, 0.3) is 0 Å². The maximum absolute atomic E-state index is 12.4. The number of benzene rings is 1. The highest BCUT2D eigenvalue weighted by molar-refractivity contribution is 8.17. The van der Waals surface area contributed by atoms with Crippen LogP contribution in [-0.2, 0) is 9.53 Å². The lowest BCUT2D eigenvalue weighted by Crippen LogP contribution is -2.35. The third-order valence-corrected chi connectivity index (χ3v) is 5.38. The molecule has 0 spiro atoms. The third-order valence-electron chi connectivity index (χ3n) is 4.30. The van der Waals surface area contributed by atoms with Crippen molar-refractivity contribution < 1.29 is 9.53 Å². The molecule has 0 N–H and O–H groups in total. The highest BCUT2D eigenvalue weighted by Crippen LogP contribution is 2.46. The molecule has 1 aromatic carbocycles. The van der Waals surface area contributed by atoms with Gasteiger partial charge in [-0.3, -0.25) is 0 Å². The molecule has 0 saturated carbocycles. The number of esters is 1. The van der Waals surface area contributed by atoms with E-state index in [4.69, 9.17) is 4.74 Å². The fourth-order valence-corrected chi connectivity index (χ4v) is 3.96. The van der Waals surface area contributed by atoms with Crippen LogP contribution in [0.4, 0.5) is 0 Å². The molecular weight excluding hydrogens is 308 g/mol. The molecule has 0 radical (unpaired) electrons. The highest BCUT2D eigenvalue weighted by atomic mass is 32.2. The number of aliphatic imine (C=N–C) groups is 1. The van der Waals surface area contributed by atoms with E-state index in [0.717, 1.165) is 22.1 Å². The van der Waals surface area contributed by atoms with Crippen LogP contribution in [0.3, 0.4) is 0 Å². The van der Waals surface area contributed by atoms with Crippen molar-refractivity contribution in [2.45, 2.75) is 33.7 Å². The first-order chi connectivity index (χ1) is 10.9. The van der Waals surface area contributed by atoms with Crippen LogP contribution in [0.15, 0.2) is 51.1 Å². The molecule has 0 amide bonds. The topological polar surface area (TPSA) is 41.9 Å². The summed E-state index contributed by atoms with van der Waals surface area (Å²) in [6, 6.07) is 8.09. The van der Waals surface area contributed by atoms with Crippen LogP contribution >= 0.6 is 11.8 Å². The van der Waals surface area contributed by atoms with Crippen molar-refractivity contribution in [1.82, 2.24) is 4.90 Å². The van der Waals surface area contributed by atoms with Crippen molar-refractivity contribution in [3.63, 3.8) is 0 Å². The summed E-state index contributed by atoms with van der Waals surface area (Å²) in [6.07, 6.45) is 0. The van der Waals surface area contributed by atoms with Gasteiger partial charge in [-0.15, -0.1) is 0 Å². The summed E-state index contributed by atoms with van der Waals surface area (Å²) in [5.74, 6) is -0.321. The molecule has 0 bridgehead atoms. The van der Waals surface area contributed by atoms with Crippen molar-refractivity contribution in [3.8, 4) is 0 Å². The Bertz CT molecular complexity index is 760. The Morgan fingerprint density at radius 1 is 1.17 bits per heavy atom. The molecule has 0 saturated heterocycles. The Kier molecular flexibility index (Phi) is 4.06. The normalized spacial score (nSPS) is 20.7. The lowest BCUT2D eigenvalue weighted by molar-refractivity contribution is -0.136. The molecule has 2 heterocycles. The highest BCUT2D eigenvalue weighted by Gasteiger charge is 2.40. The summed E-state index contributed by atoms with van der Waals surface area (Å²) >= 11 is 1.65. The molecule has 1 aromatic rings. The molecule has 120 valence electrons. The summed E-state index contributed by atoms with van der Waals surface area (Å²) in [4.78, 5) is 20.4. The van der Waals surface area contributed by atoms with Gasteiger partial charge in [-0.2, -0.15) is 0 Å². The van der Waals surface area contributed by atoms with Crippen LogP contribution in [-0.4, -0.2) is 23.1 Å². The first kappa shape index (κ1) is 15.9. The fraction of sp³-hybridized carbons (Fsp3) is 0.333. The van der Waals surface area contributed by atoms with E-state index < -0.39 is 0 Å². The lowest BCUT2D eigenvalue weighted by atomic mass is 9.93. The first-order valence-corrected chi connectivity index (χ1v) is 8.34. The van der Waals surface area contributed by atoms with Gasteiger partial charge in [0.1, 0.15) is 0 Å². The fourth-order valence-electron chi connectivity index (χ4n) is 2.92. The predicted octanol–water partition coefficient (Wildman–Crippen LogP) is 4.15. The van der Waals surface area contributed by atoms with E-state index in [1.165, 1.54) is 17.6 Å². The number of aryl methyl sites for hydroxylation is 1. The van der Waals surface area contributed by atoms with Gasteiger partial charge in [0, 0.05) is 10.6 Å². The van der Waals surface area contributed by atoms with E-state index in [1.54, 1.807) is 11.8 Å². The maximum atomic E-state index is 12.4. The molecule has 0 fully saturated rings. The standard InChI is InChI=1S/C18H20N2O2S/c1-10-6-8-14(9-7-10)16-15(17(21)22-5)11(2)19-18-20(16)12(3)13(4)23-18/h6-9,16H,1-5H3. The van der Waals surface area contributed by atoms with Crippen molar-refractivity contribution in [2.24, 2.45) is 4.99 Å². The second kappa shape index (κ2) is 5.89. The number of thioether (sulfide) groups is 1. The number of carbonyl (C=O) groups is 1. The number of rotatable bonds is 2. The smallest absolute Gasteiger partial charge is 0.338 e. The van der Waals surface area contributed by atoms with Crippen LogP contribution < -0.4 is 0 Å². The van der Waals surface area contributed by atoms with Gasteiger partial charge in [-0.05, 0) is 33.3 Å². The molecule has 1 atom stereocenters. The van der Waals surface area contributed by atoms with Crippen molar-refractivity contribution in [1.29, 1.82) is 0 Å². The number of amidine groups is 1. The van der Waals surface area contributed by atoms with Crippen LogP contribution in [0.2, 0.25) is 0 Å². The minimum absolute atomic E-state index is 0.194. The zero-order valence-electron chi connectivity index (χ0n) is 14.0. The van der Waals surface area contributed by atoms with Crippen molar-refractivity contribution in [3.05, 3.63) is 57.3 Å². The zero-order valence-corrected chi connectivity index (χ0v) is 14.8. The molecule has 0 aliphatic carbocycles. The number of allylic oxidation sites excluding steroid dienone is 3. The van der Waals surface area contributed by atoms with E-state index in [1.807, 2.05) is 6.92 Å². The van der Waals surface area contributed by atoms with E-state index in [0.29, 0.717) is 5.57 Å². The van der Waals surface area contributed by atoms with Crippen LogP contribution in [0.5, 0.6) is 0 Å². The monoisotopic (exact) mass is 328 g/mol. The molecule has 5 heteroatoms. The van der Waals surface area contributed by atoms with Gasteiger partial charge in [0.15, 0.2) is 5.17 Å². The van der Waals surface area contributed by atoms with Crippen LogP contribution in [0, 0.1) is 6.92 Å². The van der Waals surface area contributed by atoms with Crippen LogP contribution in [0.25, 0.3) is 0 Å². The van der Waals surface area contributed by atoms with E-state index in [-0.39, 0.29) is 12.0 Å². The largest absolute Gasteiger partial charge is 0.466 e. The quantitative estimate of drug-likeness (QED) is 0.765. The second-order valence-corrected chi connectivity index (χ2v) is 6.99. The van der Waals surface area contributed by atoms with Crippen LogP contribution in [0.1, 0.15) is 37.9 Å².